The fourth-order valence-corrected chi connectivity index (χ4v) is 1.63. The van der Waals surface area contributed by atoms with Gasteiger partial charge in [-0.2, -0.15) is 11.8 Å². The van der Waals surface area contributed by atoms with Crippen LogP contribution in [0.2, 0.25) is 0 Å². The van der Waals surface area contributed by atoms with Crippen LogP contribution in [0, 0.1) is 0 Å². The molecule has 0 aliphatic carbocycles. The summed E-state index contributed by atoms with van der Waals surface area (Å²) in [6.45, 7) is 6.11. The zero-order chi connectivity index (χ0) is 7.98. The van der Waals surface area contributed by atoms with Crippen LogP contribution in [0.5, 0.6) is 0 Å². The second-order valence-corrected chi connectivity index (χ2v) is 4.70. The minimum atomic E-state index is 0.281. The first kappa shape index (κ1) is 10.5. The van der Waals surface area contributed by atoms with Gasteiger partial charge in [0.15, 0.2) is 0 Å². The third-order valence-electron chi connectivity index (χ3n) is 1.06. The lowest BCUT2D eigenvalue weighted by molar-refractivity contribution is 0.289. The average molecular weight is 225 g/mol. The predicted octanol–water partition coefficient (Wildman–Crippen LogP) is 2.40. The first-order valence-electron chi connectivity index (χ1n) is 3.22. The molecule has 1 nitrogen and oxygen atoms in total. The van der Waals surface area contributed by atoms with Gasteiger partial charge in [-0.05, 0) is 10.9 Å². The zero-order valence-corrected chi connectivity index (χ0v) is 8.54. The molecule has 0 aromatic heterocycles. The SMILES string of the molecule is C=C(Br)CSC(C)CCO. The van der Waals surface area contributed by atoms with Gasteiger partial charge in [-0.15, -0.1) is 0 Å². The Morgan fingerprint density at radius 2 is 2.40 bits per heavy atom. The molecule has 0 rings (SSSR count). The molecule has 0 bridgehead atoms. The Kier molecular flexibility index (Phi) is 6.59. The van der Waals surface area contributed by atoms with Crippen LogP contribution >= 0.6 is 27.7 Å². The summed E-state index contributed by atoms with van der Waals surface area (Å²) in [7, 11) is 0. The van der Waals surface area contributed by atoms with E-state index in [-0.39, 0.29) is 6.61 Å². The van der Waals surface area contributed by atoms with Gasteiger partial charge < -0.3 is 5.11 Å². The van der Waals surface area contributed by atoms with E-state index in [9.17, 15) is 0 Å². The molecular weight excluding hydrogens is 212 g/mol. The van der Waals surface area contributed by atoms with Crippen LogP contribution in [0.1, 0.15) is 13.3 Å². The van der Waals surface area contributed by atoms with Gasteiger partial charge in [-0.1, -0.05) is 29.4 Å². The average Bonchev–Trinajstić information content (AvgIpc) is 1.85. The van der Waals surface area contributed by atoms with Crippen molar-refractivity contribution in [2.45, 2.75) is 18.6 Å². The largest absolute Gasteiger partial charge is 0.396 e. The Balaban J connectivity index is 3.21. The molecule has 0 saturated carbocycles. The molecular formula is C7H13BrOS. The van der Waals surface area contributed by atoms with E-state index in [2.05, 4.69) is 29.4 Å². The molecule has 1 atom stereocenters. The van der Waals surface area contributed by atoms with Gasteiger partial charge in [0.1, 0.15) is 0 Å². The minimum Gasteiger partial charge on any atom is -0.396 e. The van der Waals surface area contributed by atoms with Gasteiger partial charge in [-0.25, -0.2) is 0 Å². The Labute approximate surface area is 75.0 Å². The molecule has 0 aromatic carbocycles. The summed E-state index contributed by atoms with van der Waals surface area (Å²) in [6.07, 6.45) is 0.866. The summed E-state index contributed by atoms with van der Waals surface area (Å²) in [5.41, 5.74) is 0. The molecule has 1 N–H and O–H groups in total. The number of aliphatic hydroxyl groups is 1. The smallest absolute Gasteiger partial charge is 0.0441 e. The summed E-state index contributed by atoms with van der Waals surface area (Å²) in [6, 6.07) is 0. The van der Waals surface area contributed by atoms with E-state index in [1.807, 2.05) is 0 Å². The van der Waals surface area contributed by atoms with Crippen LogP contribution < -0.4 is 0 Å². The second-order valence-electron chi connectivity index (χ2n) is 2.15. The Bertz CT molecular complexity index is 106. The van der Waals surface area contributed by atoms with E-state index >= 15 is 0 Å². The molecule has 10 heavy (non-hydrogen) atoms. The van der Waals surface area contributed by atoms with Crippen molar-refractivity contribution in [1.29, 1.82) is 0 Å². The summed E-state index contributed by atoms with van der Waals surface area (Å²) < 4.78 is 1.02. The highest BCUT2D eigenvalue weighted by Crippen LogP contribution is 2.18. The molecule has 0 spiro atoms. The molecule has 0 saturated heterocycles. The lowest BCUT2D eigenvalue weighted by Gasteiger charge is -2.07. The highest BCUT2D eigenvalue weighted by molar-refractivity contribution is 9.11. The van der Waals surface area contributed by atoms with Crippen LogP contribution in [0.25, 0.3) is 0 Å². The van der Waals surface area contributed by atoms with E-state index < -0.39 is 0 Å². The van der Waals surface area contributed by atoms with E-state index in [4.69, 9.17) is 5.11 Å². The van der Waals surface area contributed by atoms with E-state index in [1.165, 1.54) is 0 Å². The fourth-order valence-electron chi connectivity index (χ4n) is 0.498. The van der Waals surface area contributed by atoms with Crippen LogP contribution in [0.4, 0.5) is 0 Å². The molecule has 60 valence electrons. The second kappa shape index (κ2) is 6.25. The molecule has 3 heteroatoms. The third-order valence-corrected chi connectivity index (χ3v) is 3.03. The number of rotatable bonds is 5. The van der Waals surface area contributed by atoms with Gasteiger partial charge in [-0.3, -0.25) is 0 Å². The molecule has 0 aromatic rings. The maximum absolute atomic E-state index is 8.55. The Morgan fingerprint density at radius 3 is 2.80 bits per heavy atom. The van der Waals surface area contributed by atoms with Gasteiger partial charge in [0.2, 0.25) is 0 Å². The Morgan fingerprint density at radius 1 is 1.80 bits per heavy atom. The van der Waals surface area contributed by atoms with Gasteiger partial charge in [0.05, 0.1) is 0 Å². The molecule has 0 aliphatic rings. The van der Waals surface area contributed by atoms with Crippen molar-refractivity contribution in [2.75, 3.05) is 12.4 Å². The van der Waals surface area contributed by atoms with Crippen molar-refractivity contribution in [2.24, 2.45) is 0 Å². The van der Waals surface area contributed by atoms with Crippen molar-refractivity contribution >= 4 is 27.7 Å². The van der Waals surface area contributed by atoms with Crippen LogP contribution in [-0.4, -0.2) is 22.7 Å². The van der Waals surface area contributed by atoms with E-state index in [1.54, 1.807) is 11.8 Å². The summed E-state index contributed by atoms with van der Waals surface area (Å²) >= 11 is 5.08. The molecule has 0 heterocycles. The van der Waals surface area contributed by atoms with E-state index in [0.717, 1.165) is 16.7 Å². The summed E-state index contributed by atoms with van der Waals surface area (Å²) in [5.74, 6) is 0.932. The van der Waals surface area contributed by atoms with Gasteiger partial charge in [0.25, 0.3) is 0 Å². The molecule has 0 fully saturated rings. The molecule has 1 unspecified atom stereocenters. The summed E-state index contributed by atoms with van der Waals surface area (Å²) in [5, 5.41) is 9.08. The first-order valence-corrected chi connectivity index (χ1v) is 5.06. The number of halogens is 1. The Hall–Kier alpha value is 0.530. The van der Waals surface area contributed by atoms with Crippen LogP contribution in [0.3, 0.4) is 0 Å². The lowest BCUT2D eigenvalue weighted by atomic mass is 10.3. The minimum absolute atomic E-state index is 0.281. The number of thioether (sulfide) groups is 1. The maximum atomic E-state index is 8.55. The lowest BCUT2D eigenvalue weighted by Crippen LogP contribution is -2.00. The van der Waals surface area contributed by atoms with Gasteiger partial charge in [0, 0.05) is 17.6 Å². The van der Waals surface area contributed by atoms with Crippen LogP contribution in [-0.2, 0) is 0 Å². The molecule has 0 aliphatic heterocycles. The highest BCUT2D eigenvalue weighted by atomic mass is 79.9. The normalized spacial score (nSPS) is 13.1. The predicted molar refractivity (Wildman–Crippen MR) is 51.7 cm³/mol. The number of hydrogen-bond acceptors (Lipinski definition) is 2. The quantitative estimate of drug-likeness (QED) is 0.775. The fraction of sp³-hybridized carbons (Fsp3) is 0.714. The van der Waals surface area contributed by atoms with Crippen LogP contribution in [0.15, 0.2) is 11.1 Å². The van der Waals surface area contributed by atoms with Gasteiger partial charge >= 0.3 is 0 Å². The number of hydrogen-bond donors (Lipinski definition) is 1. The standard InChI is InChI=1S/C7H13BrOS/c1-6(8)5-10-7(2)3-4-9/h7,9H,1,3-5H2,2H3. The van der Waals surface area contributed by atoms with Crippen molar-refractivity contribution < 1.29 is 5.11 Å². The van der Waals surface area contributed by atoms with Crippen molar-refractivity contribution in [1.82, 2.24) is 0 Å². The topological polar surface area (TPSA) is 20.2 Å². The van der Waals surface area contributed by atoms with Crippen molar-refractivity contribution in [3.05, 3.63) is 11.1 Å². The summed E-state index contributed by atoms with van der Waals surface area (Å²) in [4.78, 5) is 0. The molecule has 0 radical (unpaired) electrons. The maximum Gasteiger partial charge on any atom is 0.0441 e. The van der Waals surface area contributed by atoms with Crippen molar-refractivity contribution in [3.8, 4) is 0 Å². The number of aliphatic hydroxyl groups excluding tert-OH is 1. The first-order chi connectivity index (χ1) is 4.66. The third kappa shape index (κ3) is 6.65. The zero-order valence-electron chi connectivity index (χ0n) is 6.14. The van der Waals surface area contributed by atoms with E-state index in [0.29, 0.717) is 5.25 Å². The van der Waals surface area contributed by atoms with Crippen molar-refractivity contribution in [3.63, 3.8) is 0 Å². The highest BCUT2D eigenvalue weighted by Gasteiger charge is 2.00. The molecule has 0 amide bonds. The monoisotopic (exact) mass is 224 g/mol.